The molecule has 40 heavy (non-hydrogen) atoms. The van der Waals surface area contributed by atoms with Gasteiger partial charge in [0.05, 0.1) is 4.90 Å². The van der Waals surface area contributed by atoms with E-state index in [1.807, 2.05) is 60.7 Å². The van der Waals surface area contributed by atoms with Crippen molar-refractivity contribution >= 4 is 56.8 Å². The smallest absolute Gasteiger partial charge is 0.263 e. The number of anilines is 2. The fraction of sp³-hybridized carbons (Fsp3) is 0.241. The summed E-state index contributed by atoms with van der Waals surface area (Å²) in [5, 5.41) is 16.4. The van der Waals surface area contributed by atoms with E-state index in [0.717, 1.165) is 10.4 Å². The van der Waals surface area contributed by atoms with Crippen LogP contribution in [-0.2, 0) is 19.2 Å². The van der Waals surface area contributed by atoms with Gasteiger partial charge in [0.2, 0.25) is 0 Å². The zero-order chi connectivity index (χ0) is 28.8. The summed E-state index contributed by atoms with van der Waals surface area (Å²) in [5.74, 6) is -0.418. The number of nitrogens with one attached hydrogen (secondary N) is 2. The normalized spacial score (nSPS) is 13.0. The fourth-order valence-electron chi connectivity index (χ4n) is 4.65. The number of sulfonamides is 1. The van der Waals surface area contributed by atoms with Crippen LogP contribution < -0.4 is 20.4 Å². The minimum atomic E-state index is -3.82. The quantitative estimate of drug-likeness (QED) is 0.224. The summed E-state index contributed by atoms with van der Waals surface area (Å²) in [6.07, 6.45) is 0.658. The van der Waals surface area contributed by atoms with E-state index in [-0.39, 0.29) is 28.1 Å². The summed E-state index contributed by atoms with van der Waals surface area (Å²) in [5.41, 5.74) is 0.409. The van der Waals surface area contributed by atoms with Gasteiger partial charge in [0.25, 0.3) is 24.2 Å². The summed E-state index contributed by atoms with van der Waals surface area (Å²) >= 11 is 1.18. The number of amides is 1. The second kappa shape index (κ2) is 12.4. The van der Waals surface area contributed by atoms with Crippen LogP contribution in [0.4, 0.5) is 10.8 Å². The highest BCUT2D eigenvalue weighted by atomic mass is 32.2. The summed E-state index contributed by atoms with van der Waals surface area (Å²) < 4.78 is 34.7. The molecule has 0 bridgehead atoms. The predicted molar refractivity (Wildman–Crippen MR) is 162 cm³/mol. The lowest BCUT2D eigenvalue weighted by atomic mass is 10.2. The number of benzene rings is 3. The molecule has 0 spiro atoms. The van der Waals surface area contributed by atoms with E-state index in [0.29, 0.717) is 5.69 Å². The first-order valence-electron chi connectivity index (χ1n) is 12.8. The van der Waals surface area contributed by atoms with Gasteiger partial charge >= 0.3 is 0 Å². The molecule has 1 heterocycles. The lowest BCUT2D eigenvalue weighted by Gasteiger charge is -2.44. The predicted octanol–water partition coefficient (Wildman–Crippen LogP) is 4.21. The molecule has 0 aliphatic carbocycles. The van der Waals surface area contributed by atoms with Crippen LogP contribution in [0.15, 0.2) is 101 Å². The first-order valence-corrected chi connectivity index (χ1v) is 17.1. The zero-order valence-corrected chi connectivity index (χ0v) is 25.2. The number of hydrogen-bond donors (Lipinski definition) is 3. The molecule has 1 atom stereocenters. The van der Waals surface area contributed by atoms with Crippen molar-refractivity contribution in [3.8, 4) is 0 Å². The molecule has 0 aliphatic rings. The lowest BCUT2D eigenvalue weighted by Crippen LogP contribution is -2.68. The van der Waals surface area contributed by atoms with E-state index in [4.69, 9.17) is 4.43 Å². The molecule has 3 aromatic carbocycles. The first kappa shape index (κ1) is 29.6. The van der Waals surface area contributed by atoms with Crippen molar-refractivity contribution in [3.05, 3.63) is 96.5 Å². The summed E-state index contributed by atoms with van der Waals surface area (Å²) in [7, 11) is -6.88. The van der Waals surface area contributed by atoms with Gasteiger partial charge < -0.3 is 14.8 Å². The van der Waals surface area contributed by atoms with Crippen LogP contribution >= 0.6 is 11.3 Å². The zero-order valence-electron chi connectivity index (χ0n) is 22.6. The van der Waals surface area contributed by atoms with E-state index >= 15 is 0 Å². The third kappa shape index (κ3) is 6.51. The highest BCUT2D eigenvalue weighted by Crippen LogP contribution is 2.38. The van der Waals surface area contributed by atoms with E-state index < -0.39 is 30.4 Å². The number of hydrogen-bond acceptors (Lipinski definition) is 7. The SMILES string of the molecule is CC(C)(C)[Si](O[C@H](CCO)C(=O)Nc1ccc(S(=O)(=O)Nc2nccs2)cc1)(c1ccccc1)c1ccccc1. The Hall–Kier alpha value is -3.35. The van der Waals surface area contributed by atoms with E-state index in [1.54, 1.807) is 5.38 Å². The third-order valence-corrected chi connectivity index (χ3v) is 13.7. The maximum atomic E-state index is 13.6. The lowest BCUT2D eigenvalue weighted by molar-refractivity contribution is -0.123. The Bertz CT molecular complexity index is 1450. The largest absolute Gasteiger partial charge is 0.396 e. The van der Waals surface area contributed by atoms with Crippen LogP contribution in [0.1, 0.15) is 27.2 Å². The van der Waals surface area contributed by atoms with E-state index in [2.05, 4.69) is 35.8 Å². The Morgan fingerprint density at radius 1 is 0.975 bits per heavy atom. The number of rotatable bonds is 11. The Morgan fingerprint density at radius 3 is 2.02 bits per heavy atom. The molecule has 0 unspecified atom stereocenters. The van der Waals surface area contributed by atoms with Gasteiger partial charge in [-0.05, 0) is 39.7 Å². The Kier molecular flexibility index (Phi) is 9.21. The topological polar surface area (TPSA) is 118 Å². The van der Waals surface area contributed by atoms with E-state index in [9.17, 15) is 18.3 Å². The highest BCUT2D eigenvalue weighted by molar-refractivity contribution is 7.93. The molecule has 0 saturated carbocycles. The van der Waals surface area contributed by atoms with Crippen LogP contribution in [0, 0.1) is 0 Å². The molecule has 8 nitrogen and oxygen atoms in total. The van der Waals surface area contributed by atoms with Gasteiger partial charge in [-0.1, -0.05) is 81.4 Å². The van der Waals surface area contributed by atoms with Gasteiger partial charge in [0.15, 0.2) is 5.13 Å². The molecule has 4 rings (SSSR count). The molecule has 0 fully saturated rings. The molecule has 210 valence electrons. The number of aliphatic hydroxyl groups is 1. The maximum absolute atomic E-state index is 13.6. The third-order valence-electron chi connectivity index (χ3n) is 6.51. The molecule has 3 N–H and O–H groups in total. The van der Waals surface area contributed by atoms with Crippen LogP contribution in [0.5, 0.6) is 0 Å². The molecule has 1 amide bonds. The van der Waals surface area contributed by atoms with Gasteiger partial charge in [0, 0.05) is 30.3 Å². The molecule has 11 heteroatoms. The molecule has 0 aliphatic heterocycles. The number of aliphatic hydroxyl groups excluding tert-OH is 1. The van der Waals surface area contributed by atoms with Gasteiger partial charge in [-0.15, -0.1) is 11.3 Å². The van der Waals surface area contributed by atoms with Crippen molar-refractivity contribution in [2.45, 2.75) is 43.2 Å². The average Bonchev–Trinajstić information content (AvgIpc) is 3.44. The Labute approximate surface area is 240 Å². The van der Waals surface area contributed by atoms with Gasteiger partial charge in [-0.3, -0.25) is 9.52 Å². The molecule has 4 aromatic rings. The number of carbonyl (C=O) groups excluding carboxylic acids is 1. The average molecular weight is 596 g/mol. The van der Waals surface area contributed by atoms with Crippen molar-refractivity contribution in [1.82, 2.24) is 4.98 Å². The minimum Gasteiger partial charge on any atom is -0.396 e. The second-order valence-corrected chi connectivity index (χ2v) is 17.1. The van der Waals surface area contributed by atoms with Crippen molar-refractivity contribution < 1.29 is 22.7 Å². The monoisotopic (exact) mass is 595 g/mol. The Balaban J connectivity index is 1.62. The standard InChI is InChI=1S/C29H33N3O5S2Si/c1-29(2,3)40(24-10-6-4-7-11-24,25-12-8-5-9-13-25)37-26(18-20-33)27(34)31-22-14-16-23(17-15-22)39(35,36)32-28-30-19-21-38-28/h4-17,19,21,26,33H,18,20H2,1-3H3,(H,30,32)(H,31,34)/t26-/m1/s1. The van der Waals surface area contributed by atoms with Gasteiger partial charge in [-0.25, -0.2) is 13.4 Å². The second-order valence-electron chi connectivity index (χ2n) is 10.2. The van der Waals surface area contributed by atoms with Crippen molar-refractivity contribution in [3.63, 3.8) is 0 Å². The number of aromatic nitrogens is 1. The molecule has 0 radical (unpaired) electrons. The van der Waals surface area contributed by atoms with Crippen LogP contribution in [0.25, 0.3) is 0 Å². The molecular weight excluding hydrogens is 563 g/mol. The van der Waals surface area contributed by atoms with Gasteiger partial charge in [-0.2, -0.15) is 0 Å². The van der Waals surface area contributed by atoms with Crippen LogP contribution in [0.2, 0.25) is 5.04 Å². The molecule has 0 saturated heterocycles. The van der Waals surface area contributed by atoms with Crippen molar-refractivity contribution in [1.29, 1.82) is 0 Å². The minimum absolute atomic E-state index is 0.0381. The summed E-state index contributed by atoms with van der Waals surface area (Å²) in [4.78, 5) is 17.6. The van der Waals surface area contributed by atoms with Gasteiger partial charge in [0.1, 0.15) is 6.10 Å². The summed E-state index contributed by atoms with van der Waals surface area (Å²) in [6, 6.07) is 25.8. The molecular formula is C29H33N3O5S2Si. The van der Waals surface area contributed by atoms with E-state index in [1.165, 1.54) is 41.8 Å². The van der Waals surface area contributed by atoms with Crippen molar-refractivity contribution in [2.24, 2.45) is 0 Å². The highest BCUT2D eigenvalue weighted by Gasteiger charge is 2.52. The summed E-state index contributed by atoms with van der Waals surface area (Å²) in [6.45, 7) is 6.11. The number of carbonyl (C=O) groups is 1. The Morgan fingerprint density at radius 2 is 1.55 bits per heavy atom. The first-order chi connectivity index (χ1) is 19.1. The molecule has 1 aromatic heterocycles. The van der Waals surface area contributed by atoms with Crippen molar-refractivity contribution in [2.75, 3.05) is 16.6 Å². The maximum Gasteiger partial charge on any atom is 0.263 e. The van der Waals surface area contributed by atoms with Crippen LogP contribution in [-0.4, -0.2) is 45.4 Å². The van der Waals surface area contributed by atoms with Crippen LogP contribution in [0.3, 0.4) is 0 Å². The number of thiazole rings is 1. The fourth-order valence-corrected chi connectivity index (χ4v) is 11.1. The number of nitrogens with zero attached hydrogens (tertiary/aromatic N) is 1.